The second-order valence-corrected chi connectivity index (χ2v) is 4.16. The molecule has 1 aliphatic heterocycles. The molecule has 1 saturated heterocycles. The van der Waals surface area contributed by atoms with Crippen LogP contribution in [-0.4, -0.2) is 28.7 Å². The Morgan fingerprint density at radius 1 is 1.41 bits per heavy atom. The molecular formula is C10H10F2N2O3. The first-order chi connectivity index (χ1) is 7.91. The molecule has 2 N–H and O–H groups in total. The number of benzene rings is 1. The summed E-state index contributed by atoms with van der Waals surface area (Å²) < 4.78 is 26.8. The van der Waals surface area contributed by atoms with Crippen molar-refractivity contribution in [2.75, 3.05) is 13.1 Å². The van der Waals surface area contributed by atoms with Crippen molar-refractivity contribution in [1.82, 2.24) is 5.32 Å². The van der Waals surface area contributed by atoms with Crippen LogP contribution in [0.1, 0.15) is 5.56 Å². The summed E-state index contributed by atoms with van der Waals surface area (Å²) in [5, 5.41) is 23.0. The number of nitro groups is 1. The Labute approximate surface area is 95.2 Å². The van der Waals surface area contributed by atoms with Crippen LogP contribution >= 0.6 is 0 Å². The van der Waals surface area contributed by atoms with E-state index < -0.39 is 27.8 Å². The molecule has 0 spiro atoms. The van der Waals surface area contributed by atoms with Crippen LogP contribution in [0.4, 0.5) is 14.5 Å². The molecule has 2 rings (SSSR count). The highest BCUT2D eigenvalue weighted by Gasteiger charge is 2.35. The van der Waals surface area contributed by atoms with E-state index in [1.807, 2.05) is 0 Å². The summed E-state index contributed by atoms with van der Waals surface area (Å²) >= 11 is 0. The first-order valence-electron chi connectivity index (χ1n) is 4.97. The van der Waals surface area contributed by atoms with E-state index in [0.717, 1.165) is 6.07 Å². The van der Waals surface area contributed by atoms with Crippen molar-refractivity contribution in [3.8, 4) is 0 Å². The summed E-state index contributed by atoms with van der Waals surface area (Å²) in [7, 11) is 0. The second kappa shape index (κ2) is 4.01. The highest BCUT2D eigenvalue weighted by atomic mass is 19.1. The second-order valence-electron chi connectivity index (χ2n) is 4.16. The number of hydrogen-bond acceptors (Lipinski definition) is 4. The van der Waals surface area contributed by atoms with Crippen LogP contribution in [0.2, 0.25) is 0 Å². The van der Waals surface area contributed by atoms with Gasteiger partial charge in [-0.25, -0.2) is 4.39 Å². The summed E-state index contributed by atoms with van der Waals surface area (Å²) in [6, 6.07) is 1.31. The van der Waals surface area contributed by atoms with Crippen molar-refractivity contribution in [2.45, 2.75) is 12.0 Å². The van der Waals surface area contributed by atoms with Crippen LogP contribution in [0, 0.1) is 21.7 Å². The van der Waals surface area contributed by atoms with Crippen molar-refractivity contribution in [2.24, 2.45) is 0 Å². The molecule has 0 atom stereocenters. The molecule has 92 valence electrons. The minimum Gasteiger partial charge on any atom is -0.387 e. The first kappa shape index (κ1) is 11.9. The van der Waals surface area contributed by atoms with Crippen molar-refractivity contribution in [1.29, 1.82) is 0 Å². The average Bonchev–Trinajstić information content (AvgIpc) is 2.20. The van der Waals surface area contributed by atoms with E-state index in [1.54, 1.807) is 0 Å². The molecule has 0 radical (unpaired) electrons. The molecule has 0 bridgehead atoms. The zero-order valence-electron chi connectivity index (χ0n) is 8.74. The van der Waals surface area contributed by atoms with E-state index in [-0.39, 0.29) is 12.0 Å². The normalized spacial score (nSPS) is 17.6. The molecule has 17 heavy (non-hydrogen) atoms. The van der Waals surface area contributed by atoms with Gasteiger partial charge in [-0.3, -0.25) is 10.1 Å². The Morgan fingerprint density at radius 2 is 2.06 bits per heavy atom. The number of hydrogen-bond donors (Lipinski definition) is 2. The van der Waals surface area contributed by atoms with Crippen LogP contribution in [0.25, 0.3) is 0 Å². The van der Waals surface area contributed by atoms with E-state index in [4.69, 9.17) is 0 Å². The summed E-state index contributed by atoms with van der Waals surface area (Å²) in [6.45, 7) is 0.593. The summed E-state index contributed by atoms with van der Waals surface area (Å²) in [5.41, 5.74) is -2.05. The fraction of sp³-hybridized carbons (Fsp3) is 0.400. The van der Waals surface area contributed by atoms with Crippen LogP contribution in [0.15, 0.2) is 12.1 Å². The predicted molar refractivity (Wildman–Crippen MR) is 54.5 cm³/mol. The molecule has 0 saturated carbocycles. The van der Waals surface area contributed by atoms with Gasteiger partial charge in [0, 0.05) is 19.5 Å². The summed E-state index contributed by atoms with van der Waals surface area (Å²) in [4.78, 5) is 9.39. The van der Waals surface area contributed by atoms with E-state index in [0.29, 0.717) is 19.2 Å². The lowest BCUT2D eigenvalue weighted by atomic mass is 9.89. The monoisotopic (exact) mass is 244 g/mol. The molecule has 1 aromatic carbocycles. The van der Waals surface area contributed by atoms with Crippen LogP contribution in [0.3, 0.4) is 0 Å². The van der Waals surface area contributed by atoms with Gasteiger partial charge in [-0.2, -0.15) is 4.39 Å². The third-order valence-corrected chi connectivity index (χ3v) is 2.74. The van der Waals surface area contributed by atoms with Crippen molar-refractivity contribution in [3.05, 3.63) is 39.4 Å². The van der Waals surface area contributed by atoms with Crippen molar-refractivity contribution < 1.29 is 18.8 Å². The van der Waals surface area contributed by atoms with Crippen LogP contribution in [0.5, 0.6) is 0 Å². The molecule has 5 nitrogen and oxygen atoms in total. The third-order valence-electron chi connectivity index (χ3n) is 2.74. The Kier molecular flexibility index (Phi) is 2.80. The number of halogens is 2. The lowest BCUT2D eigenvalue weighted by Gasteiger charge is -2.37. The molecule has 1 aliphatic rings. The Hall–Kier alpha value is -1.60. The van der Waals surface area contributed by atoms with Gasteiger partial charge in [0.2, 0.25) is 5.82 Å². The number of nitrogens with zero attached hydrogens (tertiary/aromatic N) is 1. The molecule has 0 aliphatic carbocycles. The lowest BCUT2D eigenvalue weighted by molar-refractivity contribution is -0.387. The minimum absolute atomic E-state index is 0.0582. The van der Waals surface area contributed by atoms with Gasteiger partial charge in [0.05, 0.1) is 16.6 Å². The van der Waals surface area contributed by atoms with E-state index in [2.05, 4.69) is 5.32 Å². The molecule has 7 heteroatoms. The summed E-state index contributed by atoms with van der Waals surface area (Å²) in [6.07, 6.45) is -0.0687. The average molecular weight is 244 g/mol. The fourth-order valence-electron chi connectivity index (χ4n) is 1.75. The first-order valence-corrected chi connectivity index (χ1v) is 4.97. The summed E-state index contributed by atoms with van der Waals surface area (Å²) in [5.74, 6) is -1.97. The van der Waals surface area contributed by atoms with Gasteiger partial charge in [0.15, 0.2) is 0 Å². The maximum Gasteiger partial charge on any atom is 0.307 e. The predicted octanol–water partition coefficient (Wildman–Crippen LogP) is 0.750. The van der Waals surface area contributed by atoms with Crippen LogP contribution < -0.4 is 5.32 Å². The van der Waals surface area contributed by atoms with Crippen LogP contribution in [-0.2, 0) is 6.42 Å². The maximum absolute atomic E-state index is 13.5. The molecule has 0 aromatic heterocycles. The molecule has 0 unspecified atom stereocenters. The number of aliphatic hydroxyl groups is 1. The van der Waals surface area contributed by atoms with E-state index in [1.165, 1.54) is 0 Å². The molecule has 1 aromatic rings. The van der Waals surface area contributed by atoms with Crippen molar-refractivity contribution >= 4 is 5.69 Å². The highest BCUT2D eigenvalue weighted by Crippen LogP contribution is 2.25. The van der Waals surface area contributed by atoms with Gasteiger partial charge < -0.3 is 10.4 Å². The quantitative estimate of drug-likeness (QED) is 0.607. The molecule has 1 fully saturated rings. The van der Waals surface area contributed by atoms with Gasteiger partial charge >= 0.3 is 5.69 Å². The fourth-order valence-corrected chi connectivity index (χ4v) is 1.75. The third kappa shape index (κ3) is 2.25. The number of nitro benzene ring substituents is 1. The minimum atomic E-state index is -1.10. The number of rotatable bonds is 3. The largest absolute Gasteiger partial charge is 0.387 e. The number of β-amino-alcohol motifs (C(OH)–C–C–N with tert-alkyl or cyclic N) is 1. The van der Waals surface area contributed by atoms with Gasteiger partial charge in [0.25, 0.3) is 0 Å². The Bertz CT molecular complexity index is 475. The van der Waals surface area contributed by atoms with Gasteiger partial charge in [-0.1, -0.05) is 0 Å². The molecule has 1 heterocycles. The highest BCUT2D eigenvalue weighted by molar-refractivity contribution is 5.37. The topological polar surface area (TPSA) is 75.4 Å². The smallest absolute Gasteiger partial charge is 0.307 e. The van der Waals surface area contributed by atoms with Crippen molar-refractivity contribution in [3.63, 3.8) is 0 Å². The van der Waals surface area contributed by atoms with E-state index in [9.17, 15) is 24.0 Å². The molecule has 0 amide bonds. The lowest BCUT2D eigenvalue weighted by Crippen LogP contribution is -2.60. The van der Waals surface area contributed by atoms with Gasteiger partial charge in [-0.15, -0.1) is 0 Å². The SMILES string of the molecule is O=[N+]([O-])c1cc(F)c(CC2(O)CNC2)cc1F. The molecular weight excluding hydrogens is 234 g/mol. The zero-order chi connectivity index (χ0) is 12.6. The van der Waals surface area contributed by atoms with Gasteiger partial charge in [-0.05, 0) is 11.6 Å². The van der Waals surface area contributed by atoms with E-state index >= 15 is 0 Å². The Morgan fingerprint density at radius 3 is 2.53 bits per heavy atom. The zero-order valence-corrected chi connectivity index (χ0v) is 8.74. The standard InChI is InChI=1S/C10H10F2N2O3/c11-7-2-9(14(16)17)8(12)1-6(7)3-10(15)4-13-5-10/h1-2,13,15H,3-5H2. The number of nitrogens with one attached hydrogen (secondary N) is 1. The van der Waals surface area contributed by atoms with Gasteiger partial charge in [0.1, 0.15) is 5.82 Å². The Balaban J connectivity index is 2.30. The maximum atomic E-state index is 13.5.